The van der Waals surface area contributed by atoms with Gasteiger partial charge in [-0.3, -0.25) is 14.3 Å². The minimum atomic E-state index is -1.69. The van der Waals surface area contributed by atoms with Crippen LogP contribution in [0.3, 0.4) is 0 Å². The zero-order valence-electron chi connectivity index (χ0n) is 9.38. The summed E-state index contributed by atoms with van der Waals surface area (Å²) in [7, 11) is 0. The average Bonchev–Trinajstić information content (AvgIpc) is 2.67. The van der Waals surface area contributed by atoms with Gasteiger partial charge in [0.1, 0.15) is 12.8 Å². The molecule has 18 heavy (non-hydrogen) atoms. The summed E-state index contributed by atoms with van der Waals surface area (Å²) < 4.78 is 19.3. The summed E-state index contributed by atoms with van der Waals surface area (Å²) in [6, 6.07) is 1.06. The van der Waals surface area contributed by atoms with Gasteiger partial charge in [-0.05, 0) is 0 Å². The van der Waals surface area contributed by atoms with Crippen LogP contribution in [0.5, 0.6) is 0 Å². The van der Waals surface area contributed by atoms with Gasteiger partial charge >= 0.3 is 5.69 Å². The molecule has 100 valence electrons. The molecular formula is C10H13FN2O5. The molecule has 0 unspecified atom stereocenters. The molecule has 0 spiro atoms. The van der Waals surface area contributed by atoms with Crippen LogP contribution in [0, 0.1) is 0 Å². The lowest BCUT2D eigenvalue weighted by Gasteiger charge is -2.27. The van der Waals surface area contributed by atoms with E-state index in [0.29, 0.717) is 0 Å². The number of aromatic amines is 1. The third-order valence-electron chi connectivity index (χ3n) is 2.98. The molecule has 0 aliphatic carbocycles. The van der Waals surface area contributed by atoms with Crippen LogP contribution in [0.4, 0.5) is 4.39 Å². The first-order valence-electron chi connectivity index (χ1n) is 5.37. The molecule has 3 atom stereocenters. The first kappa shape index (κ1) is 12.9. The number of ether oxygens (including phenoxy) is 1. The highest BCUT2D eigenvalue weighted by molar-refractivity contribution is 4.95. The Morgan fingerprint density at radius 3 is 2.83 bits per heavy atom. The summed E-state index contributed by atoms with van der Waals surface area (Å²) in [6.45, 7) is -1.55. The number of hydrogen-bond acceptors (Lipinski definition) is 5. The van der Waals surface area contributed by atoms with Gasteiger partial charge in [-0.25, -0.2) is 9.18 Å². The molecule has 1 aromatic rings. The van der Waals surface area contributed by atoms with Crippen molar-refractivity contribution in [1.29, 1.82) is 0 Å². The van der Waals surface area contributed by atoms with Gasteiger partial charge in [0.25, 0.3) is 5.56 Å². The number of rotatable bonds is 3. The lowest BCUT2D eigenvalue weighted by atomic mass is 10.1. The Kier molecular flexibility index (Phi) is 3.33. The third kappa shape index (κ3) is 1.98. The molecule has 1 saturated heterocycles. The van der Waals surface area contributed by atoms with Crippen molar-refractivity contribution >= 4 is 0 Å². The molecular weight excluding hydrogens is 247 g/mol. The van der Waals surface area contributed by atoms with Crippen LogP contribution >= 0.6 is 0 Å². The Labute approximate surface area is 100 Å². The molecule has 2 heterocycles. The topological polar surface area (TPSA) is 105 Å². The Balaban J connectivity index is 2.46. The van der Waals surface area contributed by atoms with Crippen molar-refractivity contribution < 1.29 is 19.3 Å². The van der Waals surface area contributed by atoms with Crippen LogP contribution in [-0.4, -0.2) is 45.3 Å². The fourth-order valence-corrected chi connectivity index (χ4v) is 2.07. The average molecular weight is 260 g/mol. The van der Waals surface area contributed by atoms with Gasteiger partial charge in [0.15, 0.2) is 5.72 Å². The van der Waals surface area contributed by atoms with E-state index in [-0.39, 0.29) is 6.42 Å². The Morgan fingerprint density at radius 2 is 2.33 bits per heavy atom. The van der Waals surface area contributed by atoms with Gasteiger partial charge in [-0.15, -0.1) is 0 Å². The minimum absolute atomic E-state index is 0.180. The Hall–Kier alpha value is -1.51. The SMILES string of the molecule is O=c1ccn([C@@]2(CF)C[C@H](O)[C@@H](CO)O2)c(=O)[nH]1. The number of aliphatic hydroxyl groups excluding tert-OH is 2. The minimum Gasteiger partial charge on any atom is -0.394 e. The van der Waals surface area contributed by atoms with Crippen molar-refractivity contribution in [2.75, 3.05) is 13.3 Å². The van der Waals surface area contributed by atoms with Crippen molar-refractivity contribution in [2.45, 2.75) is 24.4 Å². The summed E-state index contributed by atoms with van der Waals surface area (Å²) >= 11 is 0. The predicted octanol–water partition coefficient (Wildman–Crippen LogP) is -1.70. The van der Waals surface area contributed by atoms with Crippen LogP contribution in [0.15, 0.2) is 21.9 Å². The van der Waals surface area contributed by atoms with E-state index < -0.39 is 42.5 Å². The smallest absolute Gasteiger partial charge is 0.330 e. The maximum absolute atomic E-state index is 13.2. The molecule has 8 heteroatoms. The standard InChI is InChI=1S/C10H13FN2O5/c11-5-10(3-6(15)7(4-14)18-10)13-2-1-8(16)12-9(13)17/h1-2,6-7,14-15H,3-5H2,(H,12,16,17)/t6-,7+,10-/m0/s1. The van der Waals surface area contributed by atoms with Crippen molar-refractivity contribution in [3.05, 3.63) is 33.1 Å². The third-order valence-corrected chi connectivity index (χ3v) is 2.98. The molecule has 1 aromatic heterocycles. The first-order chi connectivity index (χ1) is 8.52. The van der Waals surface area contributed by atoms with E-state index in [4.69, 9.17) is 9.84 Å². The molecule has 0 amide bonds. The lowest BCUT2D eigenvalue weighted by Crippen LogP contribution is -2.45. The molecule has 0 saturated carbocycles. The fourth-order valence-electron chi connectivity index (χ4n) is 2.07. The lowest BCUT2D eigenvalue weighted by molar-refractivity contribution is -0.129. The second-order valence-electron chi connectivity index (χ2n) is 4.17. The largest absolute Gasteiger partial charge is 0.394 e. The highest BCUT2D eigenvalue weighted by Gasteiger charge is 2.48. The number of aliphatic hydroxyl groups is 2. The number of hydrogen-bond donors (Lipinski definition) is 3. The maximum atomic E-state index is 13.2. The molecule has 3 N–H and O–H groups in total. The molecule has 0 aromatic carbocycles. The molecule has 2 rings (SSSR count). The van der Waals surface area contributed by atoms with Gasteiger partial charge in [0, 0.05) is 18.7 Å². The monoisotopic (exact) mass is 260 g/mol. The first-order valence-corrected chi connectivity index (χ1v) is 5.37. The molecule has 0 radical (unpaired) electrons. The highest BCUT2D eigenvalue weighted by Crippen LogP contribution is 2.34. The molecule has 1 aliphatic rings. The van der Waals surface area contributed by atoms with E-state index in [2.05, 4.69) is 0 Å². The number of nitrogens with one attached hydrogen (secondary N) is 1. The van der Waals surface area contributed by atoms with E-state index in [1.807, 2.05) is 4.98 Å². The van der Waals surface area contributed by atoms with E-state index in [1.165, 1.54) is 0 Å². The second kappa shape index (κ2) is 4.63. The summed E-state index contributed by atoms with van der Waals surface area (Å²) in [4.78, 5) is 24.5. The zero-order valence-corrected chi connectivity index (χ0v) is 9.38. The number of alkyl halides is 1. The van der Waals surface area contributed by atoms with Crippen LogP contribution < -0.4 is 11.2 Å². The summed E-state index contributed by atoms with van der Waals surface area (Å²) in [5.41, 5.74) is -3.12. The van der Waals surface area contributed by atoms with Gasteiger partial charge in [0.05, 0.1) is 12.7 Å². The Bertz CT molecular complexity index is 542. The molecule has 1 fully saturated rings. The predicted molar refractivity (Wildman–Crippen MR) is 57.9 cm³/mol. The zero-order chi connectivity index (χ0) is 13.3. The number of halogens is 1. The fraction of sp³-hybridized carbons (Fsp3) is 0.600. The van der Waals surface area contributed by atoms with Crippen molar-refractivity contribution in [1.82, 2.24) is 9.55 Å². The summed E-state index contributed by atoms with van der Waals surface area (Å²) in [5.74, 6) is 0. The summed E-state index contributed by atoms with van der Waals surface area (Å²) in [6.07, 6.45) is -1.11. The number of nitrogens with zero attached hydrogens (tertiary/aromatic N) is 1. The van der Waals surface area contributed by atoms with Gasteiger partial charge in [-0.2, -0.15) is 0 Å². The van der Waals surface area contributed by atoms with E-state index >= 15 is 0 Å². The quantitative estimate of drug-likeness (QED) is 0.601. The number of H-pyrrole nitrogens is 1. The summed E-state index contributed by atoms with van der Waals surface area (Å²) in [5, 5.41) is 18.6. The van der Waals surface area contributed by atoms with Crippen LogP contribution in [0.25, 0.3) is 0 Å². The normalized spacial score (nSPS) is 31.7. The van der Waals surface area contributed by atoms with Gasteiger partial charge < -0.3 is 14.9 Å². The second-order valence-corrected chi connectivity index (χ2v) is 4.17. The Morgan fingerprint density at radius 1 is 1.61 bits per heavy atom. The van der Waals surface area contributed by atoms with E-state index in [1.54, 1.807) is 0 Å². The van der Waals surface area contributed by atoms with Crippen LogP contribution in [0.1, 0.15) is 6.42 Å². The van der Waals surface area contributed by atoms with Gasteiger partial charge in [-0.1, -0.05) is 0 Å². The van der Waals surface area contributed by atoms with E-state index in [9.17, 15) is 19.1 Å². The highest BCUT2D eigenvalue weighted by atomic mass is 19.1. The van der Waals surface area contributed by atoms with Crippen LogP contribution in [-0.2, 0) is 10.5 Å². The van der Waals surface area contributed by atoms with Gasteiger partial charge in [0.2, 0.25) is 0 Å². The van der Waals surface area contributed by atoms with Crippen LogP contribution in [0.2, 0.25) is 0 Å². The van der Waals surface area contributed by atoms with Crippen molar-refractivity contribution in [2.24, 2.45) is 0 Å². The maximum Gasteiger partial charge on any atom is 0.330 e. The van der Waals surface area contributed by atoms with Crippen molar-refractivity contribution in [3.8, 4) is 0 Å². The molecule has 1 aliphatic heterocycles. The molecule has 7 nitrogen and oxygen atoms in total. The van der Waals surface area contributed by atoms with E-state index in [0.717, 1.165) is 16.8 Å². The number of aromatic nitrogens is 2. The van der Waals surface area contributed by atoms with Crippen molar-refractivity contribution in [3.63, 3.8) is 0 Å². The molecule has 0 bridgehead atoms.